The van der Waals surface area contributed by atoms with Crippen molar-refractivity contribution in [2.24, 2.45) is 5.92 Å². The van der Waals surface area contributed by atoms with E-state index in [-0.39, 0.29) is 16.6 Å². The molecule has 0 aliphatic heterocycles. The molecule has 0 aromatic carbocycles. The number of carbonyl (C=O) groups excluding carboxylic acids is 1. The lowest BCUT2D eigenvalue weighted by Gasteiger charge is -2.28. The average molecular weight is 229 g/mol. The third-order valence-electron chi connectivity index (χ3n) is 3.07. The maximum Gasteiger partial charge on any atom is 0.221 e. The van der Waals surface area contributed by atoms with E-state index in [1.165, 1.54) is 0 Å². The molecule has 1 aromatic heterocycles. The summed E-state index contributed by atoms with van der Waals surface area (Å²) in [6.07, 6.45) is 0.369. The largest absolute Gasteiger partial charge is 0.466 e. The SMILES string of the molecule is Cc1ccc(C(C)(C)C(C)CC(=O)Cl)o1. The van der Waals surface area contributed by atoms with Crippen molar-refractivity contribution in [2.45, 2.75) is 39.5 Å². The predicted octanol–water partition coefficient (Wildman–Crippen LogP) is 3.66. The average Bonchev–Trinajstić information content (AvgIpc) is 2.50. The molecule has 15 heavy (non-hydrogen) atoms. The van der Waals surface area contributed by atoms with E-state index in [9.17, 15) is 4.79 Å². The van der Waals surface area contributed by atoms with Crippen molar-refractivity contribution in [1.82, 2.24) is 0 Å². The van der Waals surface area contributed by atoms with Crippen LogP contribution in [0.4, 0.5) is 0 Å². The van der Waals surface area contributed by atoms with Crippen LogP contribution in [-0.4, -0.2) is 5.24 Å². The molecule has 1 heterocycles. The monoisotopic (exact) mass is 228 g/mol. The molecule has 1 atom stereocenters. The first-order valence-corrected chi connectivity index (χ1v) is 5.47. The lowest BCUT2D eigenvalue weighted by Crippen LogP contribution is -2.27. The van der Waals surface area contributed by atoms with Crippen molar-refractivity contribution >= 4 is 16.8 Å². The second-order valence-corrected chi connectivity index (χ2v) is 5.01. The second-order valence-electron chi connectivity index (χ2n) is 4.59. The number of halogens is 1. The maximum atomic E-state index is 10.9. The summed E-state index contributed by atoms with van der Waals surface area (Å²) in [6, 6.07) is 3.90. The van der Waals surface area contributed by atoms with Crippen LogP contribution < -0.4 is 0 Å². The first-order chi connectivity index (χ1) is 6.84. The van der Waals surface area contributed by atoms with Crippen LogP contribution >= 0.6 is 11.6 Å². The van der Waals surface area contributed by atoms with E-state index in [1.54, 1.807) is 0 Å². The Bertz CT molecular complexity index is 352. The molecule has 1 unspecified atom stereocenters. The lowest BCUT2D eigenvalue weighted by atomic mass is 9.76. The molecule has 0 saturated carbocycles. The minimum absolute atomic E-state index is 0.160. The van der Waals surface area contributed by atoms with Gasteiger partial charge >= 0.3 is 0 Å². The van der Waals surface area contributed by atoms with Gasteiger partial charge in [0.05, 0.1) is 0 Å². The third kappa shape index (κ3) is 2.85. The molecular formula is C12H17ClO2. The highest BCUT2D eigenvalue weighted by molar-refractivity contribution is 6.63. The van der Waals surface area contributed by atoms with Crippen molar-refractivity contribution in [1.29, 1.82) is 0 Å². The summed E-state index contributed by atoms with van der Waals surface area (Å²) in [7, 11) is 0. The molecule has 0 fully saturated rings. The molecular weight excluding hydrogens is 212 g/mol. The fraction of sp³-hybridized carbons (Fsp3) is 0.583. The molecule has 0 N–H and O–H groups in total. The minimum Gasteiger partial charge on any atom is -0.466 e. The fourth-order valence-electron chi connectivity index (χ4n) is 1.52. The number of aryl methyl sites for hydroxylation is 1. The molecule has 0 radical (unpaired) electrons. The van der Waals surface area contributed by atoms with Gasteiger partial charge in [-0.3, -0.25) is 4.79 Å². The van der Waals surface area contributed by atoms with E-state index in [1.807, 2.05) is 26.0 Å². The molecule has 0 bridgehead atoms. The van der Waals surface area contributed by atoms with Crippen LogP contribution in [0.1, 0.15) is 38.7 Å². The van der Waals surface area contributed by atoms with E-state index < -0.39 is 0 Å². The van der Waals surface area contributed by atoms with Gasteiger partial charge in [0, 0.05) is 11.8 Å². The number of rotatable bonds is 4. The number of hydrogen-bond donors (Lipinski definition) is 0. The molecule has 0 aliphatic rings. The Balaban J connectivity index is 2.86. The molecule has 0 spiro atoms. The summed E-state index contributed by atoms with van der Waals surface area (Å²) < 4.78 is 5.60. The van der Waals surface area contributed by atoms with E-state index in [0.717, 1.165) is 11.5 Å². The molecule has 0 amide bonds. The van der Waals surface area contributed by atoms with Gasteiger partial charge in [0.2, 0.25) is 5.24 Å². The van der Waals surface area contributed by atoms with E-state index in [2.05, 4.69) is 13.8 Å². The van der Waals surface area contributed by atoms with Gasteiger partial charge in [0.15, 0.2) is 0 Å². The Morgan fingerprint density at radius 1 is 1.53 bits per heavy atom. The van der Waals surface area contributed by atoms with Gasteiger partial charge in [-0.25, -0.2) is 0 Å². The lowest BCUT2D eigenvalue weighted by molar-refractivity contribution is -0.112. The molecule has 84 valence electrons. The molecule has 3 heteroatoms. The van der Waals surface area contributed by atoms with Crippen LogP contribution in [0.5, 0.6) is 0 Å². The van der Waals surface area contributed by atoms with Crippen LogP contribution in [0.25, 0.3) is 0 Å². The van der Waals surface area contributed by atoms with Crippen LogP contribution in [-0.2, 0) is 10.2 Å². The highest BCUT2D eigenvalue weighted by Crippen LogP contribution is 2.34. The third-order valence-corrected chi connectivity index (χ3v) is 3.23. The molecule has 2 nitrogen and oxygen atoms in total. The zero-order chi connectivity index (χ0) is 11.6. The molecule has 0 saturated heterocycles. The quantitative estimate of drug-likeness (QED) is 0.737. The summed E-state index contributed by atoms with van der Waals surface area (Å²) in [5.41, 5.74) is -0.168. The van der Waals surface area contributed by atoms with Crippen molar-refractivity contribution < 1.29 is 9.21 Å². The van der Waals surface area contributed by atoms with Gasteiger partial charge in [-0.1, -0.05) is 20.8 Å². The minimum atomic E-state index is -0.293. The molecule has 1 rings (SSSR count). The van der Waals surface area contributed by atoms with Gasteiger partial charge in [-0.15, -0.1) is 0 Å². The Morgan fingerprint density at radius 3 is 2.53 bits per heavy atom. The first kappa shape index (κ1) is 12.3. The zero-order valence-corrected chi connectivity index (χ0v) is 10.4. The van der Waals surface area contributed by atoms with Crippen molar-refractivity contribution in [3.63, 3.8) is 0 Å². The second kappa shape index (κ2) is 4.40. The van der Waals surface area contributed by atoms with Crippen LogP contribution in [0.2, 0.25) is 0 Å². The summed E-state index contributed by atoms with van der Waals surface area (Å²) in [4.78, 5) is 10.9. The fourth-order valence-corrected chi connectivity index (χ4v) is 1.75. The Hall–Kier alpha value is -0.760. The normalized spacial score (nSPS) is 13.9. The number of hydrogen-bond acceptors (Lipinski definition) is 2. The topological polar surface area (TPSA) is 30.2 Å². The Kier molecular flexibility index (Phi) is 3.61. The van der Waals surface area contributed by atoms with Gasteiger partial charge in [0.1, 0.15) is 11.5 Å². The summed E-state index contributed by atoms with van der Waals surface area (Å²) in [5.74, 6) is 1.96. The Labute approximate surface area is 95.6 Å². The summed E-state index contributed by atoms with van der Waals surface area (Å²) in [5, 5.41) is -0.293. The summed E-state index contributed by atoms with van der Waals surface area (Å²) >= 11 is 5.40. The smallest absolute Gasteiger partial charge is 0.221 e. The van der Waals surface area contributed by atoms with E-state index in [4.69, 9.17) is 16.0 Å². The van der Waals surface area contributed by atoms with Crippen LogP contribution in [0, 0.1) is 12.8 Å². The maximum absolute atomic E-state index is 10.9. The molecule has 0 aliphatic carbocycles. The van der Waals surface area contributed by atoms with Crippen molar-refractivity contribution in [3.8, 4) is 0 Å². The highest BCUT2D eigenvalue weighted by Gasteiger charge is 2.31. The van der Waals surface area contributed by atoms with Gasteiger partial charge in [0.25, 0.3) is 0 Å². The predicted molar refractivity (Wildman–Crippen MR) is 61.1 cm³/mol. The first-order valence-electron chi connectivity index (χ1n) is 5.09. The van der Waals surface area contributed by atoms with Gasteiger partial charge < -0.3 is 4.42 Å². The highest BCUT2D eigenvalue weighted by atomic mass is 35.5. The van der Waals surface area contributed by atoms with Crippen LogP contribution in [0.3, 0.4) is 0 Å². The number of carbonyl (C=O) groups is 1. The van der Waals surface area contributed by atoms with Gasteiger partial charge in [-0.2, -0.15) is 0 Å². The van der Waals surface area contributed by atoms with Crippen molar-refractivity contribution in [2.75, 3.05) is 0 Å². The Morgan fingerprint density at radius 2 is 2.13 bits per heavy atom. The van der Waals surface area contributed by atoms with Crippen LogP contribution in [0.15, 0.2) is 16.5 Å². The van der Waals surface area contributed by atoms with Gasteiger partial charge in [-0.05, 0) is 36.6 Å². The zero-order valence-electron chi connectivity index (χ0n) is 9.63. The van der Waals surface area contributed by atoms with E-state index >= 15 is 0 Å². The standard InChI is InChI=1S/C12H17ClO2/c1-8(7-11(13)14)12(3,4)10-6-5-9(2)15-10/h5-6,8H,7H2,1-4H3. The molecule has 1 aromatic rings. The van der Waals surface area contributed by atoms with E-state index in [0.29, 0.717) is 6.42 Å². The van der Waals surface area contributed by atoms with Crippen molar-refractivity contribution in [3.05, 3.63) is 23.7 Å². The summed E-state index contributed by atoms with van der Waals surface area (Å²) in [6.45, 7) is 8.06. The number of furan rings is 1.